The molecule has 2 N–H and O–H groups in total. The molecule has 112 valence electrons. The Morgan fingerprint density at radius 3 is 2.95 bits per heavy atom. The van der Waals surface area contributed by atoms with Gasteiger partial charge in [-0.1, -0.05) is 30.0 Å². The number of hydrogen-bond donors (Lipinski definition) is 1. The van der Waals surface area contributed by atoms with Gasteiger partial charge in [-0.05, 0) is 12.1 Å². The summed E-state index contributed by atoms with van der Waals surface area (Å²) in [5, 5.41) is 0.604. The smallest absolute Gasteiger partial charge is 0.157 e. The highest BCUT2D eigenvalue weighted by Gasteiger charge is 2.46. The molecule has 1 aromatic heterocycles. The average Bonchev–Trinajstić information content (AvgIpc) is 2.92. The maximum Gasteiger partial charge on any atom is 0.157 e. The number of pyridine rings is 1. The summed E-state index contributed by atoms with van der Waals surface area (Å²) in [6, 6.07) is 9.93. The highest BCUT2D eigenvalue weighted by molar-refractivity contribution is 8.14. The maximum absolute atomic E-state index is 6.12. The molecule has 0 saturated carbocycles. The second-order valence-electron chi connectivity index (χ2n) is 5.26. The van der Waals surface area contributed by atoms with Crippen LogP contribution in [0.25, 0.3) is 0 Å². The summed E-state index contributed by atoms with van der Waals surface area (Å²) in [6.45, 7) is 0.397. The minimum Gasteiger partial charge on any atom is -0.455 e. The van der Waals surface area contributed by atoms with Gasteiger partial charge in [-0.25, -0.2) is 4.99 Å². The van der Waals surface area contributed by atoms with Crippen LogP contribution >= 0.6 is 11.8 Å². The summed E-state index contributed by atoms with van der Waals surface area (Å²) in [4.78, 5) is 9.16. The molecular weight excluding hydrogens is 298 g/mol. The van der Waals surface area contributed by atoms with Gasteiger partial charge < -0.3 is 15.2 Å². The molecule has 4 rings (SSSR count). The molecule has 0 aliphatic carbocycles. The van der Waals surface area contributed by atoms with E-state index in [4.69, 9.17) is 20.2 Å². The fraction of sp³-hybridized carbons (Fsp3) is 0.250. The van der Waals surface area contributed by atoms with E-state index >= 15 is 0 Å². The van der Waals surface area contributed by atoms with Crippen molar-refractivity contribution in [2.45, 2.75) is 12.1 Å². The molecule has 22 heavy (non-hydrogen) atoms. The van der Waals surface area contributed by atoms with Crippen LogP contribution in [0.5, 0.6) is 11.5 Å². The van der Waals surface area contributed by atoms with Crippen LogP contribution in [-0.4, -0.2) is 23.0 Å². The molecule has 0 bridgehead atoms. The summed E-state index contributed by atoms with van der Waals surface area (Å²) in [7, 11) is 1.65. The SMILES string of the molecule is COCc1nccc2c1Oc1ccccc1C21CSC(N)=N1. The number of benzene rings is 1. The van der Waals surface area contributed by atoms with E-state index in [9.17, 15) is 0 Å². The first-order valence-electron chi connectivity index (χ1n) is 6.97. The number of aliphatic imine (C=N–C) groups is 1. The Bertz CT molecular complexity index is 778. The van der Waals surface area contributed by atoms with E-state index in [1.54, 1.807) is 25.1 Å². The van der Waals surface area contributed by atoms with Crippen LogP contribution in [0.15, 0.2) is 41.5 Å². The number of nitrogens with zero attached hydrogens (tertiary/aromatic N) is 2. The minimum absolute atomic E-state index is 0.397. The molecule has 0 radical (unpaired) electrons. The van der Waals surface area contributed by atoms with Crippen LogP contribution in [0.3, 0.4) is 0 Å². The number of para-hydroxylation sites is 1. The molecule has 2 aliphatic rings. The monoisotopic (exact) mass is 313 g/mol. The molecule has 2 aliphatic heterocycles. The first kappa shape index (κ1) is 13.6. The third kappa shape index (κ3) is 1.84. The van der Waals surface area contributed by atoms with Crippen LogP contribution in [0.4, 0.5) is 0 Å². The highest BCUT2D eigenvalue weighted by Crippen LogP contribution is 2.53. The van der Waals surface area contributed by atoms with Crippen LogP contribution in [0.2, 0.25) is 0 Å². The van der Waals surface area contributed by atoms with Gasteiger partial charge in [-0.3, -0.25) is 4.98 Å². The molecule has 1 spiro atoms. The highest BCUT2D eigenvalue weighted by atomic mass is 32.2. The molecule has 2 aromatic rings. The fourth-order valence-corrected chi connectivity index (χ4v) is 3.98. The van der Waals surface area contributed by atoms with Gasteiger partial charge in [-0.2, -0.15) is 0 Å². The van der Waals surface area contributed by atoms with Crippen molar-refractivity contribution < 1.29 is 9.47 Å². The summed E-state index contributed by atoms with van der Waals surface area (Å²) in [6.07, 6.45) is 1.78. The number of thioether (sulfide) groups is 1. The van der Waals surface area contributed by atoms with Crippen LogP contribution in [0, 0.1) is 0 Å². The van der Waals surface area contributed by atoms with E-state index < -0.39 is 5.54 Å². The lowest BCUT2D eigenvalue weighted by Crippen LogP contribution is -2.30. The van der Waals surface area contributed by atoms with E-state index in [0.29, 0.717) is 11.8 Å². The largest absolute Gasteiger partial charge is 0.455 e. The number of aromatic nitrogens is 1. The summed E-state index contributed by atoms with van der Waals surface area (Å²) >= 11 is 1.57. The molecule has 0 fully saturated rings. The van der Waals surface area contributed by atoms with E-state index in [1.807, 2.05) is 24.3 Å². The third-order valence-corrected chi connectivity index (χ3v) is 4.93. The second kappa shape index (κ2) is 5.00. The molecule has 1 atom stereocenters. The molecule has 1 unspecified atom stereocenters. The van der Waals surface area contributed by atoms with Gasteiger partial charge >= 0.3 is 0 Å². The summed E-state index contributed by atoms with van der Waals surface area (Å²) in [5.41, 5.74) is 8.31. The molecule has 5 nitrogen and oxygen atoms in total. The van der Waals surface area contributed by atoms with Crippen LogP contribution in [-0.2, 0) is 16.9 Å². The Hall–Kier alpha value is -2.05. The fourth-order valence-electron chi connectivity index (χ4n) is 3.03. The normalized spacial score (nSPS) is 22.0. The summed E-state index contributed by atoms with van der Waals surface area (Å²) in [5.74, 6) is 2.31. The standard InChI is InChI=1S/C16H15N3O2S/c1-20-8-12-14-11(6-7-18-12)16(9-22-15(17)19-16)10-4-2-3-5-13(10)21-14/h2-7H,8-9H2,1H3,(H2,17,19). The van der Waals surface area contributed by atoms with Gasteiger partial charge in [0.05, 0.1) is 6.61 Å². The Morgan fingerprint density at radius 2 is 2.18 bits per heavy atom. The van der Waals surface area contributed by atoms with Gasteiger partial charge in [0, 0.05) is 30.2 Å². The van der Waals surface area contributed by atoms with Crippen molar-refractivity contribution in [1.29, 1.82) is 0 Å². The summed E-state index contributed by atoms with van der Waals surface area (Å²) < 4.78 is 11.4. The molecule has 6 heteroatoms. The topological polar surface area (TPSA) is 69.7 Å². The Morgan fingerprint density at radius 1 is 1.32 bits per heavy atom. The van der Waals surface area contributed by atoms with Crippen molar-refractivity contribution >= 4 is 16.9 Å². The number of rotatable bonds is 2. The Kier molecular flexibility index (Phi) is 3.09. The number of ether oxygens (including phenoxy) is 2. The van der Waals surface area contributed by atoms with Gasteiger partial charge in [-0.15, -0.1) is 0 Å². The zero-order valence-electron chi connectivity index (χ0n) is 12.1. The number of methoxy groups -OCH3 is 1. The van der Waals surface area contributed by atoms with Crippen molar-refractivity contribution in [1.82, 2.24) is 4.98 Å². The number of amidine groups is 1. The molecule has 0 saturated heterocycles. The lowest BCUT2D eigenvalue weighted by molar-refractivity contribution is 0.178. The van der Waals surface area contributed by atoms with E-state index in [0.717, 1.165) is 34.1 Å². The van der Waals surface area contributed by atoms with Gasteiger partial charge in [0.1, 0.15) is 17.0 Å². The Balaban J connectivity index is 1.99. The zero-order valence-corrected chi connectivity index (χ0v) is 12.9. The van der Waals surface area contributed by atoms with Crippen molar-refractivity contribution in [3.8, 4) is 11.5 Å². The average molecular weight is 313 g/mol. The third-order valence-electron chi connectivity index (χ3n) is 3.98. The zero-order chi connectivity index (χ0) is 15.2. The second-order valence-corrected chi connectivity index (χ2v) is 6.26. The van der Waals surface area contributed by atoms with Crippen molar-refractivity contribution in [3.05, 3.63) is 53.3 Å². The van der Waals surface area contributed by atoms with E-state index in [1.165, 1.54) is 0 Å². The van der Waals surface area contributed by atoms with Crippen LogP contribution in [0.1, 0.15) is 16.8 Å². The quantitative estimate of drug-likeness (QED) is 0.923. The van der Waals surface area contributed by atoms with E-state index in [-0.39, 0.29) is 0 Å². The number of fused-ring (bicyclic) bond motifs is 4. The van der Waals surface area contributed by atoms with Crippen molar-refractivity contribution in [2.75, 3.05) is 12.9 Å². The van der Waals surface area contributed by atoms with Crippen LogP contribution < -0.4 is 10.5 Å². The minimum atomic E-state index is -0.496. The van der Waals surface area contributed by atoms with E-state index in [2.05, 4.69) is 11.1 Å². The Labute approximate surface area is 132 Å². The van der Waals surface area contributed by atoms with Crippen molar-refractivity contribution in [2.24, 2.45) is 10.7 Å². The molecule has 3 heterocycles. The molecule has 0 amide bonds. The number of nitrogens with two attached hydrogens (primary N) is 1. The lowest BCUT2D eigenvalue weighted by atomic mass is 9.82. The first-order chi connectivity index (χ1) is 10.7. The van der Waals surface area contributed by atoms with Gasteiger partial charge in [0.15, 0.2) is 10.9 Å². The van der Waals surface area contributed by atoms with Crippen molar-refractivity contribution in [3.63, 3.8) is 0 Å². The van der Waals surface area contributed by atoms with Gasteiger partial charge in [0.2, 0.25) is 0 Å². The molecular formula is C16H15N3O2S. The maximum atomic E-state index is 6.12. The van der Waals surface area contributed by atoms with Gasteiger partial charge in [0.25, 0.3) is 0 Å². The predicted molar refractivity (Wildman–Crippen MR) is 86.3 cm³/mol. The number of hydrogen-bond acceptors (Lipinski definition) is 6. The lowest BCUT2D eigenvalue weighted by Gasteiger charge is -2.34. The predicted octanol–water partition coefficient (Wildman–Crippen LogP) is 2.64. The molecule has 1 aromatic carbocycles. The first-order valence-corrected chi connectivity index (χ1v) is 7.96.